The molecule has 1 unspecified atom stereocenters. The summed E-state index contributed by atoms with van der Waals surface area (Å²) in [5.74, 6) is -0.729. The van der Waals surface area contributed by atoms with Gasteiger partial charge in [-0.15, -0.1) is 12.4 Å². The van der Waals surface area contributed by atoms with Gasteiger partial charge in [0.05, 0.1) is 12.7 Å². The predicted octanol–water partition coefficient (Wildman–Crippen LogP) is 5.27. The molecule has 1 aliphatic heterocycles. The monoisotopic (exact) mass is 423 g/mol. The molecule has 4 nitrogen and oxygen atoms in total. The molecule has 1 atom stereocenters. The smallest absolute Gasteiger partial charge is 0.320 e. The summed E-state index contributed by atoms with van der Waals surface area (Å²) < 4.78 is 6.18. The van der Waals surface area contributed by atoms with Crippen molar-refractivity contribution in [3.8, 4) is 11.1 Å². The predicted molar refractivity (Wildman–Crippen MR) is 115 cm³/mol. The molecule has 1 fully saturated rings. The fraction of sp³-hybridized carbons (Fsp3) is 0.409. The Labute approximate surface area is 177 Å². The number of carboxylic acids is 1. The third kappa shape index (κ3) is 5.71. The second-order valence-corrected chi connectivity index (χ2v) is 7.41. The van der Waals surface area contributed by atoms with Crippen LogP contribution in [0, 0.1) is 0 Å². The zero-order valence-corrected chi connectivity index (χ0v) is 17.6. The van der Waals surface area contributed by atoms with Crippen LogP contribution in [0.25, 0.3) is 11.1 Å². The Morgan fingerprint density at radius 2 is 1.93 bits per heavy atom. The van der Waals surface area contributed by atoms with E-state index in [2.05, 4.69) is 23.1 Å². The van der Waals surface area contributed by atoms with Gasteiger partial charge in [0.25, 0.3) is 0 Å². The minimum atomic E-state index is -0.729. The van der Waals surface area contributed by atoms with E-state index in [0.29, 0.717) is 13.0 Å². The molecule has 2 aromatic carbocycles. The van der Waals surface area contributed by atoms with Crippen molar-refractivity contribution in [1.29, 1.82) is 0 Å². The van der Waals surface area contributed by atoms with Crippen LogP contribution in [-0.2, 0) is 16.1 Å². The quantitative estimate of drug-likeness (QED) is 0.658. The number of piperidine rings is 1. The first kappa shape index (κ1) is 22.7. The molecule has 0 bridgehead atoms. The van der Waals surface area contributed by atoms with Gasteiger partial charge in [0, 0.05) is 18.1 Å². The maximum atomic E-state index is 11.3. The first-order valence-electron chi connectivity index (χ1n) is 9.50. The Balaban J connectivity index is 0.00000280. The summed E-state index contributed by atoms with van der Waals surface area (Å²) in [6.45, 7) is 4.01. The zero-order chi connectivity index (χ0) is 19.2. The molecule has 0 aromatic heterocycles. The standard InChI is InChI=1S/C22H26ClNO3.ClH/c1-2-21(22(25)26)24-12-10-19(11-13-24)27-15-17-6-3-4-9-20(17)16-7-5-8-18(23)14-16;/h3-9,14,19,21H,2,10-13,15H2,1H3,(H,25,26);1H. The van der Waals surface area contributed by atoms with Crippen LogP contribution in [0.5, 0.6) is 0 Å². The van der Waals surface area contributed by atoms with Crippen LogP contribution in [0.1, 0.15) is 31.7 Å². The van der Waals surface area contributed by atoms with Crippen molar-refractivity contribution < 1.29 is 14.6 Å². The van der Waals surface area contributed by atoms with E-state index in [4.69, 9.17) is 16.3 Å². The van der Waals surface area contributed by atoms with E-state index >= 15 is 0 Å². The Hall–Kier alpha value is -1.59. The molecule has 0 saturated carbocycles. The number of hydrogen-bond acceptors (Lipinski definition) is 3. The van der Waals surface area contributed by atoms with Crippen LogP contribution in [-0.4, -0.2) is 41.2 Å². The fourth-order valence-corrected chi connectivity index (χ4v) is 3.92. The number of aliphatic carboxylic acids is 1. The number of benzene rings is 2. The van der Waals surface area contributed by atoms with Crippen molar-refractivity contribution in [2.45, 2.75) is 44.9 Å². The lowest BCUT2D eigenvalue weighted by Crippen LogP contribution is -2.46. The number of carbonyl (C=O) groups is 1. The van der Waals surface area contributed by atoms with Crippen molar-refractivity contribution in [3.05, 3.63) is 59.1 Å². The molecular formula is C22H27Cl2NO3. The minimum Gasteiger partial charge on any atom is -0.480 e. The molecule has 1 saturated heterocycles. The van der Waals surface area contributed by atoms with Crippen LogP contribution >= 0.6 is 24.0 Å². The maximum Gasteiger partial charge on any atom is 0.320 e. The molecule has 2 aromatic rings. The summed E-state index contributed by atoms with van der Waals surface area (Å²) in [5.41, 5.74) is 3.36. The van der Waals surface area contributed by atoms with Gasteiger partial charge in [0.1, 0.15) is 6.04 Å². The topological polar surface area (TPSA) is 49.8 Å². The maximum absolute atomic E-state index is 11.3. The van der Waals surface area contributed by atoms with Gasteiger partial charge in [0.15, 0.2) is 0 Å². The van der Waals surface area contributed by atoms with Crippen molar-refractivity contribution >= 4 is 30.0 Å². The summed E-state index contributed by atoms with van der Waals surface area (Å²) in [5, 5.41) is 10.0. The van der Waals surface area contributed by atoms with Crippen molar-refractivity contribution in [3.63, 3.8) is 0 Å². The molecule has 0 aliphatic carbocycles. The second kappa shape index (κ2) is 10.8. The first-order chi connectivity index (χ1) is 13.1. The fourth-order valence-electron chi connectivity index (χ4n) is 3.73. The van der Waals surface area contributed by atoms with E-state index in [-0.39, 0.29) is 24.6 Å². The van der Waals surface area contributed by atoms with E-state index in [1.807, 2.05) is 37.3 Å². The molecule has 0 amide bonds. The molecule has 6 heteroatoms. The van der Waals surface area contributed by atoms with Crippen molar-refractivity contribution in [2.24, 2.45) is 0 Å². The minimum absolute atomic E-state index is 0. The molecule has 1 aliphatic rings. The van der Waals surface area contributed by atoms with E-state index in [0.717, 1.165) is 47.6 Å². The highest BCUT2D eigenvalue weighted by Gasteiger charge is 2.28. The third-order valence-electron chi connectivity index (χ3n) is 5.22. The van der Waals surface area contributed by atoms with Crippen LogP contribution in [0.4, 0.5) is 0 Å². The number of carboxylic acid groups (broad SMARTS) is 1. The average molecular weight is 424 g/mol. The van der Waals surface area contributed by atoms with Gasteiger partial charge < -0.3 is 9.84 Å². The van der Waals surface area contributed by atoms with Crippen molar-refractivity contribution in [1.82, 2.24) is 4.90 Å². The highest BCUT2D eigenvalue weighted by Crippen LogP contribution is 2.27. The molecule has 1 N–H and O–H groups in total. The number of rotatable bonds is 7. The lowest BCUT2D eigenvalue weighted by atomic mass is 10.00. The van der Waals surface area contributed by atoms with Crippen LogP contribution in [0.2, 0.25) is 5.02 Å². The van der Waals surface area contributed by atoms with Gasteiger partial charge in [-0.1, -0.05) is 54.9 Å². The third-order valence-corrected chi connectivity index (χ3v) is 5.45. The highest BCUT2D eigenvalue weighted by molar-refractivity contribution is 6.30. The SMILES string of the molecule is CCC(C(=O)O)N1CCC(OCc2ccccc2-c2cccc(Cl)c2)CC1.Cl. The molecule has 1 heterocycles. The van der Waals surface area contributed by atoms with E-state index in [1.165, 1.54) is 0 Å². The largest absolute Gasteiger partial charge is 0.480 e. The van der Waals surface area contributed by atoms with Crippen LogP contribution < -0.4 is 0 Å². The second-order valence-electron chi connectivity index (χ2n) is 6.98. The average Bonchev–Trinajstić information content (AvgIpc) is 2.68. The molecule has 0 radical (unpaired) electrons. The number of nitrogens with zero attached hydrogens (tertiary/aromatic N) is 1. The number of hydrogen-bond donors (Lipinski definition) is 1. The zero-order valence-electron chi connectivity index (χ0n) is 16.0. The van der Waals surface area contributed by atoms with Crippen molar-refractivity contribution in [2.75, 3.05) is 13.1 Å². The molecule has 152 valence electrons. The number of likely N-dealkylation sites (tertiary alicyclic amines) is 1. The molecular weight excluding hydrogens is 397 g/mol. The summed E-state index contributed by atoms with van der Waals surface area (Å²) >= 11 is 6.14. The Morgan fingerprint density at radius 1 is 1.21 bits per heavy atom. The van der Waals surface area contributed by atoms with Crippen LogP contribution in [0.3, 0.4) is 0 Å². The molecule has 3 rings (SSSR count). The van der Waals surface area contributed by atoms with E-state index < -0.39 is 5.97 Å². The van der Waals surface area contributed by atoms with Gasteiger partial charge in [-0.3, -0.25) is 9.69 Å². The summed E-state index contributed by atoms with van der Waals surface area (Å²) in [6, 6.07) is 15.7. The van der Waals surface area contributed by atoms with Gasteiger partial charge in [-0.05, 0) is 48.1 Å². The van der Waals surface area contributed by atoms with Crippen LogP contribution in [0.15, 0.2) is 48.5 Å². The lowest BCUT2D eigenvalue weighted by Gasteiger charge is -2.35. The first-order valence-corrected chi connectivity index (χ1v) is 9.88. The van der Waals surface area contributed by atoms with Gasteiger partial charge >= 0.3 is 5.97 Å². The molecule has 28 heavy (non-hydrogen) atoms. The van der Waals surface area contributed by atoms with E-state index in [1.54, 1.807) is 0 Å². The van der Waals surface area contributed by atoms with Gasteiger partial charge in [-0.25, -0.2) is 0 Å². The Bertz CT molecular complexity index is 776. The lowest BCUT2D eigenvalue weighted by molar-refractivity contribution is -0.144. The Kier molecular flexibility index (Phi) is 8.77. The number of halogens is 2. The summed E-state index contributed by atoms with van der Waals surface area (Å²) in [7, 11) is 0. The molecule has 0 spiro atoms. The normalized spacial score (nSPS) is 16.4. The highest BCUT2D eigenvalue weighted by atomic mass is 35.5. The van der Waals surface area contributed by atoms with E-state index in [9.17, 15) is 9.90 Å². The summed E-state index contributed by atoms with van der Waals surface area (Å²) in [4.78, 5) is 13.4. The number of ether oxygens (including phenoxy) is 1. The van der Waals surface area contributed by atoms with Gasteiger partial charge in [-0.2, -0.15) is 0 Å². The Morgan fingerprint density at radius 3 is 2.57 bits per heavy atom. The van der Waals surface area contributed by atoms with Gasteiger partial charge in [0.2, 0.25) is 0 Å². The summed E-state index contributed by atoms with van der Waals surface area (Å²) in [6.07, 6.45) is 2.53.